The van der Waals surface area contributed by atoms with Gasteiger partial charge in [0.2, 0.25) is 0 Å². The summed E-state index contributed by atoms with van der Waals surface area (Å²) in [6, 6.07) is 14.8. The minimum absolute atomic E-state index is 0.178. The molecule has 0 saturated heterocycles. The predicted octanol–water partition coefficient (Wildman–Crippen LogP) is 3.70. The Labute approximate surface area is 144 Å². The predicted molar refractivity (Wildman–Crippen MR) is 91.4 cm³/mol. The van der Waals surface area contributed by atoms with Crippen LogP contribution in [0.3, 0.4) is 0 Å². The molecular formula is C20H17NO4. The summed E-state index contributed by atoms with van der Waals surface area (Å²) < 4.78 is 12.6. The number of carbonyl (C=O) groups is 2. The van der Waals surface area contributed by atoms with Crippen molar-refractivity contribution in [1.29, 1.82) is 0 Å². The third-order valence-corrected chi connectivity index (χ3v) is 4.43. The molecule has 0 radical (unpaired) electrons. The maximum absolute atomic E-state index is 12.6. The summed E-state index contributed by atoms with van der Waals surface area (Å²) in [5.74, 6) is -0.905. The number of ether oxygens (including phenoxy) is 2. The highest BCUT2D eigenvalue weighted by molar-refractivity contribution is 6.04. The topological polar surface area (TPSA) is 57.0 Å². The summed E-state index contributed by atoms with van der Waals surface area (Å²) in [5.41, 5.74) is 2.44. The molecule has 0 bridgehead atoms. The lowest BCUT2D eigenvalue weighted by molar-refractivity contribution is -0.00505. The lowest BCUT2D eigenvalue weighted by Crippen LogP contribution is -2.30. The number of rotatable bonds is 3. The molecule has 1 aliphatic heterocycles. The van der Waals surface area contributed by atoms with E-state index in [0.29, 0.717) is 16.8 Å². The van der Waals surface area contributed by atoms with E-state index < -0.39 is 17.5 Å². The Hall–Kier alpha value is -3.08. The molecule has 4 rings (SSSR count). The zero-order valence-electron chi connectivity index (χ0n) is 14.0. The number of cyclic esters (lactones) is 1. The van der Waals surface area contributed by atoms with E-state index in [1.54, 1.807) is 16.7 Å². The SMILES string of the molecule is CC1(C)OC(=O)c2cc(C(=O)OCc3ccccc3)n3cccc1c23. The van der Waals surface area contributed by atoms with Crippen molar-refractivity contribution in [3.63, 3.8) is 0 Å². The molecule has 0 atom stereocenters. The molecule has 0 unspecified atom stereocenters. The summed E-state index contributed by atoms with van der Waals surface area (Å²) in [7, 11) is 0. The van der Waals surface area contributed by atoms with E-state index in [2.05, 4.69) is 0 Å². The second-order valence-electron chi connectivity index (χ2n) is 6.55. The first-order valence-corrected chi connectivity index (χ1v) is 8.06. The zero-order chi connectivity index (χ0) is 17.6. The van der Waals surface area contributed by atoms with Crippen molar-refractivity contribution in [3.8, 4) is 0 Å². The Balaban J connectivity index is 1.73. The van der Waals surface area contributed by atoms with Gasteiger partial charge in [-0.25, -0.2) is 9.59 Å². The standard InChI is InChI=1S/C20H17NO4/c1-20(2)15-9-6-10-21-16(11-14(17(15)21)18(22)25-20)19(23)24-12-13-7-4-3-5-8-13/h3-11H,12H2,1-2H3. The van der Waals surface area contributed by atoms with Crippen LogP contribution >= 0.6 is 0 Å². The summed E-state index contributed by atoms with van der Waals surface area (Å²) in [6.07, 6.45) is 1.76. The van der Waals surface area contributed by atoms with Gasteiger partial charge < -0.3 is 13.9 Å². The Morgan fingerprint density at radius 2 is 1.92 bits per heavy atom. The van der Waals surface area contributed by atoms with Crippen LogP contribution in [0.1, 0.15) is 45.8 Å². The minimum atomic E-state index is -0.740. The number of benzene rings is 1. The summed E-state index contributed by atoms with van der Waals surface area (Å²) in [4.78, 5) is 24.9. The molecule has 0 spiro atoms. The maximum Gasteiger partial charge on any atom is 0.355 e. The lowest BCUT2D eigenvalue weighted by atomic mass is 9.94. The van der Waals surface area contributed by atoms with Gasteiger partial charge in [0.15, 0.2) is 0 Å². The largest absolute Gasteiger partial charge is 0.456 e. The van der Waals surface area contributed by atoms with E-state index in [-0.39, 0.29) is 6.61 Å². The third kappa shape index (κ3) is 2.48. The second-order valence-corrected chi connectivity index (χ2v) is 6.55. The summed E-state index contributed by atoms with van der Waals surface area (Å²) in [5, 5.41) is 0. The van der Waals surface area contributed by atoms with E-state index in [4.69, 9.17) is 9.47 Å². The number of hydrogen-bond acceptors (Lipinski definition) is 4. The van der Waals surface area contributed by atoms with Gasteiger partial charge in [0.25, 0.3) is 0 Å². The first-order valence-electron chi connectivity index (χ1n) is 8.06. The first kappa shape index (κ1) is 15.4. The highest BCUT2D eigenvalue weighted by atomic mass is 16.6. The minimum Gasteiger partial charge on any atom is -0.456 e. The molecule has 0 saturated carbocycles. The van der Waals surface area contributed by atoms with Crippen molar-refractivity contribution in [2.75, 3.05) is 0 Å². The van der Waals surface area contributed by atoms with Gasteiger partial charge in [-0.1, -0.05) is 36.4 Å². The van der Waals surface area contributed by atoms with Crippen LogP contribution in [-0.4, -0.2) is 16.3 Å². The molecule has 0 N–H and O–H groups in total. The van der Waals surface area contributed by atoms with Gasteiger partial charge in [-0.2, -0.15) is 0 Å². The number of pyridine rings is 1. The average molecular weight is 335 g/mol. The molecule has 2 aromatic heterocycles. The highest BCUT2D eigenvalue weighted by Gasteiger charge is 2.37. The molecule has 126 valence electrons. The highest BCUT2D eigenvalue weighted by Crippen LogP contribution is 2.37. The van der Waals surface area contributed by atoms with E-state index in [1.165, 1.54) is 0 Å². The lowest BCUT2D eigenvalue weighted by Gasteiger charge is -2.30. The quantitative estimate of drug-likeness (QED) is 0.685. The van der Waals surface area contributed by atoms with Gasteiger partial charge in [0.1, 0.15) is 17.9 Å². The number of nitrogens with zero attached hydrogens (tertiary/aromatic N) is 1. The number of aromatic nitrogens is 1. The smallest absolute Gasteiger partial charge is 0.355 e. The first-order chi connectivity index (χ1) is 12.0. The Morgan fingerprint density at radius 1 is 1.16 bits per heavy atom. The van der Waals surface area contributed by atoms with Crippen molar-refractivity contribution in [2.45, 2.75) is 26.1 Å². The van der Waals surface area contributed by atoms with E-state index >= 15 is 0 Å². The van der Waals surface area contributed by atoms with Gasteiger partial charge >= 0.3 is 11.9 Å². The van der Waals surface area contributed by atoms with Crippen molar-refractivity contribution in [3.05, 3.63) is 77.1 Å². The van der Waals surface area contributed by atoms with Crippen LogP contribution in [0.15, 0.2) is 54.7 Å². The van der Waals surface area contributed by atoms with Crippen LogP contribution in [0.4, 0.5) is 0 Å². The fraction of sp³-hybridized carbons (Fsp3) is 0.200. The molecular weight excluding hydrogens is 318 g/mol. The number of esters is 2. The Bertz CT molecular complexity index is 986. The molecule has 25 heavy (non-hydrogen) atoms. The monoisotopic (exact) mass is 335 g/mol. The third-order valence-electron chi connectivity index (χ3n) is 4.43. The molecule has 3 aromatic rings. The van der Waals surface area contributed by atoms with E-state index in [9.17, 15) is 9.59 Å². The Morgan fingerprint density at radius 3 is 2.68 bits per heavy atom. The molecule has 5 nitrogen and oxygen atoms in total. The fourth-order valence-electron chi connectivity index (χ4n) is 3.20. The van der Waals surface area contributed by atoms with E-state index in [0.717, 1.165) is 11.1 Å². The second kappa shape index (κ2) is 5.48. The number of hydrogen-bond donors (Lipinski definition) is 0. The van der Waals surface area contributed by atoms with Gasteiger partial charge in [0.05, 0.1) is 11.1 Å². The van der Waals surface area contributed by atoms with Crippen molar-refractivity contribution in [1.82, 2.24) is 4.40 Å². The molecule has 5 heteroatoms. The van der Waals surface area contributed by atoms with Gasteiger partial charge in [-0.05, 0) is 31.5 Å². The maximum atomic E-state index is 12.6. The molecule has 0 fully saturated rings. The molecule has 3 heterocycles. The van der Waals surface area contributed by atoms with Crippen LogP contribution in [0.5, 0.6) is 0 Å². The normalized spacial score (nSPS) is 15.0. The van der Waals surface area contributed by atoms with Crippen LogP contribution < -0.4 is 0 Å². The van der Waals surface area contributed by atoms with Gasteiger partial charge in [-0.3, -0.25) is 0 Å². The molecule has 0 aliphatic carbocycles. The van der Waals surface area contributed by atoms with Crippen molar-refractivity contribution < 1.29 is 19.1 Å². The van der Waals surface area contributed by atoms with Gasteiger partial charge in [0, 0.05) is 11.8 Å². The Kier molecular flexibility index (Phi) is 3.39. The fourth-order valence-corrected chi connectivity index (χ4v) is 3.20. The van der Waals surface area contributed by atoms with Crippen LogP contribution in [0.25, 0.3) is 5.52 Å². The zero-order valence-corrected chi connectivity index (χ0v) is 14.0. The summed E-state index contributed by atoms with van der Waals surface area (Å²) >= 11 is 0. The van der Waals surface area contributed by atoms with E-state index in [1.807, 2.05) is 56.3 Å². The van der Waals surface area contributed by atoms with Gasteiger partial charge in [-0.15, -0.1) is 0 Å². The molecule has 0 amide bonds. The summed E-state index contributed by atoms with van der Waals surface area (Å²) in [6.45, 7) is 3.85. The molecule has 1 aromatic carbocycles. The van der Waals surface area contributed by atoms with Crippen LogP contribution in [0.2, 0.25) is 0 Å². The average Bonchev–Trinajstić information content (AvgIpc) is 2.99. The van der Waals surface area contributed by atoms with Crippen LogP contribution in [-0.2, 0) is 21.7 Å². The van der Waals surface area contributed by atoms with Crippen molar-refractivity contribution >= 4 is 17.5 Å². The molecule has 1 aliphatic rings. The van der Waals surface area contributed by atoms with Crippen molar-refractivity contribution in [2.24, 2.45) is 0 Å². The van der Waals surface area contributed by atoms with Crippen LogP contribution in [0, 0.1) is 0 Å². The number of carbonyl (C=O) groups excluding carboxylic acids is 2.